The molecular weight excluding hydrogens is 348 g/mol. The fourth-order valence-corrected chi connectivity index (χ4v) is 3.51. The van der Waals surface area contributed by atoms with Crippen LogP contribution < -0.4 is 10.0 Å². The number of aryl methyl sites for hydroxylation is 1. The van der Waals surface area contributed by atoms with Crippen molar-refractivity contribution in [3.8, 4) is 0 Å². The van der Waals surface area contributed by atoms with E-state index in [1.807, 2.05) is 12.1 Å². The molecular formula is C17H19ClN2O3S. The predicted octanol–water partition coefficient (Wildman–Crippen LogP) is 2.29. The number of benzene rings is 2. The third-order valence-corrected chi connectivity index (χ3v) is 5.27. The first-order chi connectivity index (χ1) is 11.4. The molecule has 5 nitrogen and oxygen atoms in total. The van der Waals surface area contributed by atoms with Gasteiger partial charge in [-0.3, -0.25) is 4.79 Å². The molecule has 0 heterocycles. The minimum Gasteiger partial charge on any atom is -0.355 e. The summed E-state index contributed by atoms with van der Waals surface area (Å²) in [6.45, 7) is 1.84. The van der Waals surface area contributed by atoms with Crippen molar-refractivity contribution in [1.29, 1.82) is 0 Å². The number of hydrogen-bond acceptors (Lipinski definition) is 3. The Bertz CT molecular complexity index is 805. The molecule has 0 spiro atoms. The van der Waals surface area contributed by atoms with E-state index in [9.17, 15) is 13.2 Å². The molecule has 0 saturated heterocycles. The van der Waals surface area contributed by atoms with E-state index in [-0.39, 0.29) is 17.3 Å². The number of carbonyl (C=O) groups is 1. The van der Waals surface area contributed by atoms with Crippen LogP contribution in [0.25, 0.3) is 0 Å². The summed E-state index contributed by atoms with van der Waals surface area (Å²) in [5.74, 6) is -0.374. The molecule has 0 aliphatic heterocycles. The summed E-state index contributed by atoms with van der Waals surface area (Å²) in [7, 11) is -3.69. The van der Waals surface area contributed by atoms with E-state index in [4.69, 9.17) is 11.6 Å². The lowest BCUT2D eigenvalue weighted by Gasteiger charge is -2.09. The average molecular weight is 367 g/mol. The number of amides is 1. The molecule has 0 saturated carbocycles. The predicted molar refractivity (Wildman–Crippen MR) is 94.5 cm³/mol. The van der Waals surface area contributed by atoms with Gasteiger partial charge < -0.3 is 5.32 Å². The van der Waals surface area contributed by atoms with E-state index in [1.54, 1.807) is 37.3 Å². The van der Waals surface area contributed by atoms with Gasteiger partial charge in [-0.05, 0) is 42.7 Å². The highest BCUT2D eigenvalue weighted by atomic mass is 35.5. The van der Waals surface area contributed by atoms with Gasteiger partial charge in [0.2, 0.25) is 15.9 Å². The average Bonchev–Trinajstić information content (AvgIpc) is 2.55. The number of rotatable bonds is 7. The van der Waals surface area contributed by atoms with E-state index in [0.29, 0.717) is 23.6 Å². The van der Waals surface area contributed by atoms with E-state index < -0.39 is 10.0 Å². The summed E-state index contributed by atoms with van der Waals surface area (Å²) in [5, 5.41) is 3.35. The van der Waals surface area contributed by atoms with Crippen LogP contribution in [-0.2, 0) is 21.2 Å². The minimum atomic E-state index is -3.69. The maximum absolute atomic E-state index is 12.2. The lowest BCUT2D eigenvalue weighted by Crippen LogP contribution is -2.37. The van der Waals surface area contributed by atoms with E-state index >= 15 is 0 Å². The molecule has 0 radical (unpaired) electrons. The molecule has 2 aromatic rings. The Labute approximate surface area is 147 Å². The van der Waals surface area contributed by atoms with Gasteiger partial charge in [0.1, 0.15) is 0 Å². The van der Waals surface area contributed by atoms with E-state index in [0.717, 1.165) is 5.56 Å². The highest BCUT2D eigenvalue weighted by molar-refractivity contribution is 7.89. The van der Waals surface area contributed by atoms with Crippen LogP contribution in [0.3, 0.4) is 0 Å². The first kappa shape index (κ1) is 18.4. The molecule has 0 atom stereocenters. The topological polar surface area (TPSA) is 75.3 Å². The first-order valence-electron chi connectivity index (χ1n) is 7.45. The van der Waals surface area contributed by atoms with Gasteiger partial charge in [0.25, 0.3) is 0 Å². The van der Waals surface area contributed by atoms with Gasteiger partial charge in [-0.1, -0.05) is 41.9 Å². The zero-order chi connectivity index (χ0) is 17.6. The Morgan fingerprint density at radius 2 is 1.75 bits per heavy atom. The van der Waals surface area contributed by atoms with Crippen molar-refractivity contribution >= 4 is 27.5 Å². The van der Waals surface area contributed by atoms with Gasteiger partial charge in [0.05, 0.1) is 11.4 Å². The van der Waals surface area contributed by atoms with Crippen molar-refractivity contribution < 1.29 is 13.2 Å². The third-order valence-electron chi connectivity index (χ3n) is 3.45. The van der Waals surface area contributed by atoms with Crippen LogP contribution in [0.4, 0.5) is 0 Å². The smallest absolute Gasteiger partial charge is 0.241 e. The lowest BCUT2D eigenvalue weighted by molar-refractivity contribution is -0.119. The molecule has 0 unspecified atom stereocenters. The molecule has 128 valence electrons. The molecule has 2 aromatic carbocycles. The van der Waals surface area contributed by atoms with E-state index in [1.165, 1.54) is 6.07 Å². The second-order valence-corrected chi connectivity index (χ2v) is 7.49. The quantitative estimate of drug-likeness (QED) is 0.789. The highest BCUT2D eigenvalue weighted by Crippen LogP contribution is 2.13. The Balaban J connectivity index is 1.80. The van der Waals surface area contributed by atoms with Crippen molar-refractivity contribution in [2.24, 2.45) is 0 Å². The largest absolute Gasteiger partial charge is 0.355 e. The number of nitrogens with one attached hydrogen (secondary N) is 2. The minimum absolute atomic E-state index is 0.180. The summed E-state index contributed by atoms with van der Waals surface area (Å²) >= 11 is 5.81. The molecule has 0 aliphatic rings. The van der Waals surface area contributed by atoms with Crippen molar-refractivity contribution in [2.45, 2.75) is 18.2 Å². The van der Waals surface area contributed by atoms with Crippen LogP contribution in [0.1, 0.15) is 11.1 Å². The Kier molecular flexibility index (Phi) is 6.36. The van der Waals surface area contributed by atoms with Crippen molar-refractivity contribution in [1.82, 2.24) is 10.0 Å². The monoisotopic (exact) mass is 366 g/mol. The van der Waals surface area contributed by atoms with Crippen LogP contribution in [0.5, 0.6) is 0 Å². The number of halogens is 1. The molecule has 2 rings (SSSR count). The maximum atomic E-state index is 12.2. The van der Waals surface area contributed by atoms with Gasteiger partial charge in [-0.15, -0.1) is 0 Å². The zero-order valence-electron chi connectivity index (χ0n) is 13.3. The van der Waals surface area contributed by atoms with E-state index in [2.05, 4.69) is 10.0 Å². The lowest BCUT2D eigenvalue weighted by atomic mass is 10.1. The second-order valence-electron chi connectivity index (χ2n) is 5.32. The Morgan fingerprint density at radius 1 is 1.08 bits per heavy atom. The normalized spacial score (nSPS) is 11.2. The van der Waals surface area contributed by atoms with Gasteiger partial charge in [-0.2, -0.15) is 0 Å². The second kappa shape index (κ2) is 8.28. The zero-order valence-corrected chi connectivity index (χ0v) is 14.8. The summed E-state index contributed by atoms with van der Waals surface area (Å²) < 4.78 is 26.7. The SMILES string of the molecule is Cc1ccccc1S(=O)(=O)NCC(=O)NCCc1ccc(Cl)cc1. The van der Waals surface area contributed by atoms with Gasteiger partial charge in [0.15, 0.2) is 0 Å². The summed E-state index contributed by atoms with van der Waals surface area (Å²) in [6, 6.07) is 14.0. The van der Waals surface area contributed by atoms with Crippen molar-refractivity contribution in [3.63, 3.8) is 0 Å². The molecule has 24 heavy (non-hydrogen) atoms. The Hall–Kier alpha value is -1.89. The molecule has 2 N–H and O–H groups in total. The fraction of sp³-hybridized carbons (Fsp3) is 0.235. The van der Waals surface area contributed by atoms with Gasteiger partial charge >= 0.3 is 0 Å². The first-order valence-corrected chi connectivity index (χ1v) is 9.31. The van der Waals surface area contributed by atoms with Crippen molar-refractivity contribution in [3.05, 3.63) is 64.7 Å². The van der Waals surface area contributed by atoms with Crippen LogP contribution in [0.15, 0.2) is 53.4 Å². The van der Waals surface area contributed by atoms with Crippen LogP contribution in [0, 0.1) is 6.92 Å². The fourth-order valence-electron chi connectivity index (χ4n) is 2.16. The molecule has 7 heteroatoms. The van der Waals surface area contributed by atoms with Crippen LogP contribution >= 0.6 is 11.6 Å². The van der Waals surface area contributed by atoms with Gasteiger partial charge in [-0.25, -0.2) is 13.1 Å². The molecule has 0 fully saturated rings. The number of hydrogen-bond donors (Lipinski definition) is 2. The maximum Gasteiger partial charge on any atom is 0.241 e. The van der Waals surface area contributed by atoms with Crippen molar-refractivity contribution in [2.75, 3.05) is 13.1 Å². The van der Waals surface area contributed by atoms with Gasteiger partial charge in [0, 0.05) is 11.6 Å². The summed E-state index contributed by atoms with van der Waals surface area (Å²) in [6.07, 6.45) is 0.646. The molecule has 0 aromatic heterocycles. The standard InChI is InChI=1S/C17H19ClN2O3S/c1-13-4-2-3-5-16(13)24(22,23)20-12-17(21)19-11-10-14-6-8-15(18)9-7-14/h2-9,20H,10-12H2,1H3,(H,19,21). The van der Waals surface area contributed by atoms with Crippen LogP contribution in [0.2, 0.25) is 5.02 Å². The number of carbonyl (C=O) groups excluding carboxylic acids is 1. The third kappa shape index (κ3) is 5.33. The summed E-state index contributed by atoms with van der Waals surface area (Å²) in [5.41, 5.74) is 1.67. The summed E-state index contributed by atoms with van der Waals surface area (Å²) in [4.78, 5) is 12.0. The molecule has 0 bridgehead atoms. The highest BCUT2D eigenvalue weighted by Gasteiger charge is 2.17. The molecule has 0 aliphatic carbocycles. The van der Waals surface area contributed by atoms with Crippen LogP contribution in [-0.4, -0.2) is 27.4 Å². The Morgan fingerprint density at radius 3 is 2.42 bits per heavy atom. The molecule has 1 amide bonds. The number of sulfonamides is 1.